The lowest BCUT2D eigenvalue weighted by atomic mass is 9.69. The van der Waals surface area contributed by atoms with Crippen LogP contribution < -0.4 is 0 Å². The summed E-state index contributed by atoms with van der Waals surface area (Å²) >= 11 is 0. The van der Waals surface area contributed by atoms with Crippen molar-refractivity contribution < 1.29 is 0 Å². The van der Waals surface area contributed by atoms with Gasteiger partial charge in [0.1, 0.15) is 0 Å². The Kier molecular flexibility index (Phi) is 4.66. The molecule has 0 unspecified atom stereocenters. The Labute approximate surface area is 204 Å². The van der Waals surface area contributed by atoms with E-state index in [2.05, 4.69) is 114 Å². The topological polar surface area (TPSA) is 0 Å². The second kappa shape index (κ2) is 7.32. The highest BCUT2D eigenvalue weighted by Crippen LogP contribution is 2.58. The highest BCUT2D eigenvalue weighted by molar-refractivity contribution is 6.10. The molecule has 0 bridgehead atoms. The fourth-order valence-electron chi connectivity index (χ4n) is 6.73. The summed E-state index contributed by atoms with van der Waals surface area (Å²) in [5.74, 6) is 1.02. The van der Waals surface area contributed by atoms with Crippen molar-refractivity contribution >= 4 is 32.7 Å². The van der Waals surface area contributed by atoms with Crippen molar-refractivity contribution in [1.82, 2.24) is 0 Å². The van der Waals surface area contributed by atoms with Gasteiger partial charge >= 0.3 is 0 Å². The lowest BCUT2D eigenvalue weighted by Crippen LogP contribution is -2.24. The molecule has 34 heavy (non-hydrogen) atoms. The zero-order chi connectivity index (χ0) is 23.8. The first-order valence-corrected chi connectivity index (χ1v) is 12.9. The highest BCUT2D eigenvalue weighted by atomic mass is 14.5. The van der Waals surface area contributed by atoms with E-state index in [4.69, 9.17) is 0 Å². The number of benzene rings is 4. The molecule has 0 aromatic heterocycles. The third-order valence-electron chi connectivity index (χ3n) is 8.50. The molecule has 0 nitrogen and oxygen atoms in total. The van der Waals surface area contributed by atoms with E-state index in [1.54, 1.807) is 11.1 Å². The van der Waals surface area contributed by atoms with Gasteiger partial charge in [-0.25, -0.2) is 0 Å². The van der Waals surface area contributed by atoms with Crippen LogP contribution in [0.5, 0.6) is 0 Å². The van der Waals surface area contributed by atoms with Crippen LogP contribution in [0.1, 0.15) is 63.8 Å². The van der Waals surface area contributed by atoms with E-state index in [0.29, 0.717) is 11.8 Å². The summed E-state index contributed by atoms with van der Waals surface area (Å²) in [7, 11) is 0. The second-order valence-electron chi connectivity index (χ2n) is 12.7. The Balaban J connectivity index is 1.80. The molecule has 0 amide bonds. The molecule has 0 aliphatic heterocycles. The van der Waals surface area contributed by atoms with Gasteiger partial charge in [-0.3, -0.25) is 0 Å². The van der Waals surface area contributed by atoms with E-state index in [1.165, 1.54) is 43.8 Å². The summed E-state index contributed by atoms with van der Waals surface area (Å²) in [6, 6.07) is 27.5. The third kappa shape index (κ3) is 3.18. The van der Waals surface area contributed by atoms with Gasteiger partial charge in [0.15, 0.2) is 0 Å². The van der Waals surface area contributed by atoms with Crippen molar-refractivity contribution in [3.8, 4) is 0 Å². The van der Waals surface area contributed by atoms with E-state index < -0.39 is 0 Å². The molecule has 2 atom stereocenters. The molecule has 2 aliphatic rings. The van der Waals surface area contributed by atoms with Gasteiger partial charge in [0, 0.05) is 0 Å². The maximum atomic E-state index is 2.44. The quantitative estimate of drug-likeness (QED) is 0.253. The number of rotatable bonds is 0. The molecule has 172 valence electrons. The fraction of sp³-hybridized carbons (Fsp3) is 0.353. The molecule has 0 radical (unpaired) electrons. The molecular weight excluding hydrogens is 408 g/mol. The average molecular weight is 445 g/mol. The number of fused-ring (bicyclic) bond motifs is 6. The maximum absolute atomic E-state index is 2.44. The summed E-state index contributed by atoms with van der Waals surface area (Å²) in [5, 5.41) is 5.57. The minimum Gasteiger partial charge on any atom is -0.0616 e. The van der Waals surface area contributed by atoms with Crippen molar-refractivity contribution in [1.29, 1.82) is 0 Å². The van der Waals surface area contributed by atoms with Crippen molar-refractivity contribution in [3.05, 3.63) is 95.1 Å². The molecule has 0 heterocycles. The van der Waals surface area contributed by atoms with Gasteiger partial charge in [0.05, 0.1) is 0 Å². The van der Waals surface area contributed by atoms with Crippen molar-refractivity contribution in [2.75, 3.05) is 0 Å². The van der Waals surface area contributed by atoms with E-state index in [1.807, 2.05) is 0 Å². The van der Waals surface area contributed by atoms with Crippen LogP contribution in [-0.2, 0) is 12.8 Å². The zero-order valence-electron chi connectivity index (χ0n) is 21.5. The SMILES string of the molecule is CC(C)(C)[C@@H]1Cc2ccc3ccccc3c2/C1=C1/c2c(ccc3ccccc23)C[C@H]1C(C)(C)C. The largest absolute Gasteiger partial charge is 0.0616 e. The predicted molar refractivity (Wildman–Crippen MR) is 148 cm³/mol. The van der Waals surface area contributed by atoms with Gasteiger partial charge in [-0.15, -0.1) is 0 Å². The summed E-state index contributed by atoms with van der Waals surface area (Å²) in [6.45, 7) is 14.7. The summed E-state index contributed by atoms with van der Waals surface area (Å²) in [4.78, 5) is 0. The summed E-state index contributed by atoms with van der Waals surface area (Å²) in [5.41, 5.74) is 9.77. The number of hydrogen-bond donors (Lipinski definition) is 0. The first-order valence-electron chi connectivity index (χ1n) is 12.9. The molecule has 2 aliphatic carbocycles. The molecule has 0 N–H and O–H groups in total. The van der Waals surface area contributed by atoms with Gasteiger partial charge in [-0.2, -0.15) is 0 Å². The molecular formula is C34H36. The van der Waals surface area contributed by atoms with Gasteiger partial charge < -0.3 is 0 Å². The molecule has 6 rings (SSSR count). The number of hydrogen-bond acceptors (Lipinski definition) is 0. The first kappa shape index (κ1) is 21.7. The number of allylic oxidation sites excluding steroid dienone is 2. The van der Waals surface area contributed by atoms with Gasteiger partial charge in [0.2, 0.25) is 0 Å². The van der Waals surface area contributed by atoms with E-state index in [0.717, 1.165) is 12.8 Å². The average Bonchev–Trinajstić information content (AvgIpc) is 3.38. The molecule has 0 spiro atoms. The maximum Gasteiger partial charge on any atom is -0.00632 e. The van der Waals surface area contributed by atoms with Crippen molar-refractivity contribution in [2.45, 2.75) is 54.4 Å². The lowest BCUT2D eigenvalue weighted by molar-refractivity contribution is 0.297. The molecule has 0 fully saturated rings. The van der Waals surface area contributed by atoms with Gasteiger partial charge in [-0.1, -0.05) is 114 Å². The van der Waals surface area contributed by atoms with Crippen LogP contribution in [-0.4, -0.2) is 0 Å². The monoisotopic (exact) mass is 444 g/mol. The Hall–Kier alpha value is -2.86. The van der Waals surface area contributed by atoms with Crippen LogP contribution in [0.2, 0.25) is 0 Å². The van der Waals surface area contributed by atoms with Crippen LogP contribution >= 0.6 is 0 Å². The minimum atomic E-state index is 0.193. The molecule has 4 aromatic carbocycles. The fourth-order valence-corrected chi connectivity index (χ4v) is 6.73. The molecule has 0 heteroatoms. The van der Waals surface area contributed by atoms with E-state index >= 15 is 0 Å². The van der Waals surface area contributed by atoms with Crippen molar-refractivity contribution in [3.63, 3.8) is 0 Å². The van der Waals surface area contributed by atoms with Crippen LogP contribution in [0.4, 0.5) is 0 Å². The molecule has 0 saturated carbocycles. The molecule has 4 aromatic rings. The smallest absolute Gasteiger partial charge is 0.00632 e. The minimum absolute atomic E-state index is 0.193. The Morgan fingerprint density at radius 3 is 1.26 bits per heavy atom. The van der Waals surface area contributed by atoms with Gasteiger partial charge in [0.25, 0.3) is 0 Å². The first-order chi connectivity index (χ1) is 16.1. The predicted octanol–water partition coefficient (Wildman–Crippen LogP) is 9.34. The summed E-state index contributed by atoms with van der Waals surface area (Å²) in [6.07, 6.45) is 2.28. The second-order valence-corrected chi connectivity index (χ2v) is 12.7. The van der Waals surface area contributed by atoms with Crippen LogP contribution in [0, 0.1) is 22.7 Å². The highest BCUT2D eigenvalue weighted by Gasteiger charge is 2.44. The van der Waals surface area contributed by atoms with E-state index in [9.17, 15) is 0 Å². The normalized spacial score (nSPS) is 22.4. The Morgan fingerprint density at radius 1 is 0.500 bits per heavy atom. The van der Waals surface area contributed by atoms with Crippen LogP contribution in [0.3, 0.4) is 0 Å². The van der Waals surface area contributed by atoms with Crippen LogP contribution in [0.25, 0.3) is 32.7 Å². The van der Waals surface area contributed by atoms with E-state index in [-0.39, 0.29) is 10.8 Å². The van der Waals surface area contributed by atoms with Crippen molar-refractivity contribution in [2.24, 2.45) is 22.7 Å². The Morgan fingerprint density at radius 2 is 0.882 bits per heavy atom. The zero-order valence-corrected chi connectivity index (χ0v) is 21.5. The third-order valence-corrected chi connectivity index (χ3v) is 8.50. The van der Waals surface area contributed by atoms with Gasteiger partial charge in [-0.05, 0) is 90.5 Å². The Bertz CT molecular complexity index is 1350. The lowest BCUT2D eigenvalue weighted by Gasteiger charge is -2.35. The summed E-state index contributed by atoms with van der Waals surface area (Å²) < 4.78 is 0. The van der Waals surface area contributed by atoms with Crippen LogP contribution in [0.15, 0.2) is 72.8 Å². The molecule has 0 saturated heterocycles. The standard InChI is InChI=1S/C34H36/c1-33(2,3)27-19-23-17-15-21-11-7-9-13-25(21)29(23)31(27)32-28(34(4,5)6)20-24-18-16-22-12-8-10-14-26(22)30(24)32/h7-18,27-28H,19-20H2,1-6H3/b32-31+/t27-,28-/m1/s1.